The van der Waals surface area contributed by atoms with E-state index in [1.54, 1.807) is 12.4 Å². The summed E-state index contributed by atoms with van der Waals surface area (Å²) in [5.41, 5.74) is 3.20. The number of rotatable bonds is 4. The van der Waals surface area contributed by atoms with E-state index in [0.29, 0.717) is 23.3 Å². The predicted octanol–water partition coefficient (Wildman–Crippen LogP) is 1.44. The molecule has 0 spiro atoms. The smallest absolute Gasteiger partial charge is 0.260 e. The summed E-state index contributed by atoms with van der Waals surface area (Å²) in [6.07, 6.45) is 5.35. The van der Waals surface area contributed by atoms with Crippen molar-refractivity contribution in [2.24, 2.45) is 11.8 Å². The van der Waals surface area contributed by atoms with Gasteiger partial charge in [-0.25, -0.2) is 10.8 Å². The molecule has 2 rings (SSSR count). The quantitative estimate of drug-likeness (QED) is 0.619. The van der Waals surface area contributed by atoms with Crippen molar-refractivity contribution in [3.63, 3.8) is 0 Å². The summed E-state index contributed by atoms with van der Waals surface area (Å²) < 4.78 is 7.62. The Kier molecular flexibility index (Phi) is 3.14. The van der Waals surface area contributed by atoms with E-state index in [4.69, 9.17) is 10.6 Å². The minimum Gasteiger partial charge on any atom is -0.472 e. The zero-order chi connectivity index (χ0) is 12.4. The van der Waals surface area contributed by atoms with Crippen LogP contribution in [0.25, 0.3) is 5.65 Å². The van der Waals surface area contributed by atoms with Gasteiger partial charge in [0, 0.05) is 12.4 Å². The van der Waals surface area contributed by atoms with E-state index in [9.17, 15) is 0 Å². The second kappa shape index (κ2) is 4.58. The first kappa shape index (κ1) is 11.7. The topological polar surface area (TPSA) is 77.5 Å². The number of nitrogen functional groups attached to an aromatic ring is 1. The van der Waals surface area contributed by atoms with E-state index in [2.05, 4.69) is 29.2 Å². The molecule has 0 saturated carbocycles. The van der Waals surface area contributed by atoms with Gasteiger partial charge in [0.25, 0.3) is 5.88 Å². The van der Waals surface area contributed by atoms with Gasteiger partial charge in [0.2, 0.25) is 5.65 Å². The van der Waals surface area contributed by atoms with Crippen LogP contribution in [-0.4, -0.2) is 20.5 Å². The van der Waals surface area contributed by atoms with Gasteiger partial charge in [-0.05, 0) is 12.8 Å². The molecule has 0 bridgehead atoms. The number of fused-ring (bicyclic) bond motifs is 1. The Balaban J connectivity index is 2.40. The third kappa shape index (κ3) is 2.31. The molecule has 1 unspecified atom stereocenters. The number of hydrazine groups is 1. The molecule has 0 amide bonds. The fourth-order valence-electron chi connectivity index (χ4n) is 1.36. The maximum Gasteiger partial charge on any atom is 0.260 e. The summed E-state index contributed by atoms with van der Waals surface area (Å²) in [6, 6.07) is 0. The average Bonchev–Trinajstić information content (AvgIpc) is 2.76. The largest absolute Gasteiger partial charge is 0.472 e. The second-order valence-electron chi connectivity index (χ2n) is 4.30. The minimum atomic E-state index is 0.0658. The fourth-order valence-corrected chi connectivity index (χ4v) is 1.36. The standard InChI is InChI=1S/C11H17N5O/c1-7(2)8(3)17-11-10-13-4-5-16(10)6-9(14-11)15-12/h4-8,15H,12H2,1-3H3. The Bertz CT molecular complexity index is 508. The SMILES string of the molecule is CC(C)C(C)Oc1nc(NN)cn2ccnc12. The van der Waals surface area contributed by atoms with Crippen molar-refractivity contribution in [2.45, 2.75) is 26.9 Å². The summed E-state index contributed by atoms with van der Waals surface area (Å²) in [5, 5.41) is 0. The highest BCUT2D eigenvalue weighted by atomic mass is 16.5. The molecule has 17 heavy (non-hydrogen) atoms. The van der Waals surface area contributed by atoms with Gasteiger partial charge >= 0.3 is 0 Å². The number of imidazole rings is 1. The number of nitrogens with one attached hydrogen (secondary N) is 1. The Morgan fingerprint density at radius 3 is 2.82 bits per heavy atom. The molecule has 0 radical (unpaired) electrons. The van der Waals surface area contributed by atoms with Crippen LogP contribution in [0.3, 0.4) is 0 Å². The number of nitrogens with zero attached hydrogens (tertiary/aromatic N) is 3. The van der Waals surface area contributed by atoms with Crippen LogP contribution in [0.15, 0.2) is 18.6 Å². The minimum absolute atomic E-state index is 0.0658. The molecule has 6 heteroatoms. The van der Waals surface area contributed by atoms with E-state index >= 15 is 0 Å². The molecule has 0 aliphatic carbocycles. The Labute approximate surface area is 99.8 Å². The maximum atomic E-state index is 5.80. The normalized spacial score (nSPS) is 13.0. The first-order chi connectivity index (χ1) is 8.11. The summed E-state index contributed by atoms with van der Waals surface area (Å²) in [4.78, 5) is 8.49. The molecule has 0 aromatic carbocycles. The molecule has 1 atom stereocenters. The van der Waals surface area contributed by atoms with Gasteiger partial charge in [0.1, 0.15) is 6.10 Å². The molecule has 0 saturated heterocycles. The zero-order valence-corrected chi connectivity index (χ0v) is 10.2. The van der Waals surface area contributed by atoms with Gasteiger partial charge in [-0.15, -0.1) is 0 Å². The molecule has 6 nitrogen and oxygen atoms in total. The van der Waals surface area contributed by atoms with Crippen molar-refractivity contribution in [2.75, 3.05) is 5.43 Å². The number of hydrogen-bond acceptors (Lipinski definition) is 5. The lowest BCUT2D eigenvalue weighted by Crippen LogP contribution is -2.20. The van der Waals surface area contributed by atoms with Gasteiger partial charge in [0.05, 0.1) is 6.20 Å². The van der Waals surface area contributed by atoms with Crippen molar-refractivity contribution < 1.29 is 4.74 Å². The van der Waals surface area contributed by atoms with E-state index in [-0.39, 0.29) is 6.10 Å². The van der Waals surface area contributed by atoms with Crippen LogP contribution in [-0.2, 0) is 0 Å². The summed E-state index contributed by atoms with van der Waals surface area (Å²) >= 11 is 0. The fraction of sp³-hybridized carbons (Fsp3) is 0.455. The third-order valence-electron chi connectivity index (χ3n) is 2.73. The number of aromatic nitrogens is 3. The molecule has 0 aliphatic heterocycles. The van der Waals surface area contributed by atoms with Crippen LogP contribution >= 0.6 is 0 Å². The zero-order valence-electron chi connectivity index (χ0n) is 10.2. The molecule has 0 fully saturated rings. The van der Waals surface area contributed by atoms with Gasteiger partial charge in [-0.3, -0.25) is 4.40 Å². The lowest BCUT2D eigenvalue weighted by Gasteiger charge is -2.18. The van der Waals surface area contributed by atoms with Crippen LogP contribution in [0, 0.1) is 5.92 Å². The molecule has 2 heterocycles. The van der Waals surface area contributed by atoms with Crippen LogP contribution in [0.4, 0.5) is 5.82 Å². The van der Waals surface area contributed by atoms with Gasteiger partial charge in [-0.1, -0.05) is 13.8 Å². The number of anilines is 1. The van der Waals surface area contributed by atoms with Crippen LogP contribution in [0.2, 0.25) is 0 Å². The van der Waals surface area contributed by atoms with Crippen molar-refractivity contribution in [1.82, 2.24) is 14.4 Å². The molecule has 2 aromatic heterocycles. The first-order valence-corrected chi connectivity index (χ1v) is 5.58. The molecular formula is C11H17N5O. The van der Waals surface area contributed by atoms with Gasteiger partial charge in [0.15, 0.2) is 5.82 Å². The molecule has 3 N–H and O–H groups in total. The van der Waals surface area contributed by atoms with Crippen molar-refractivity contribution in [3.8, 4) is 5.88 Å². The highest BCUT2D eigenvalue weighted by Gasteiger charge is 2.14. The summed E-state index contributed by atoms with van der Waals surface area (Å²) in [6.45, 7) is 6.20. The third-order valence-corrected chi connectivity index (χ3v) is 2.73. The van der Waals surface area contributed by atoms with Crippen molar-refractivity contribution >= 4 is 11.5 Å². The number of ether oxygens (including phenoxy) is 1. The maximum absolute atomic E-state index is 5.80. The number of hydrogen-bond donors (Lipinski definition) is 2. The highest BCUT2D eigenvalue weighted by molar-refractivity contribution is 5.53. The average molecular weight is 235 g/mol. The lowest BCUT2D eigenvalue weighted by molar-refractivity contribution is 0.165. The predicted molar refractivity (Wildman–Crippen MR) is 65.7 cm³/mol. The highest BCUT2D eigenvalue weighted by Crippen LogP contribution is 2.20. The van der Waals surface area contributed by atoms with Crippen LogP contribution in [0.1, 0.15) is 20.8 Å². The summed E-state index contributed by atoms with van der Waals surface area (Å²) in [7, 11) is 0. The van der Waals surface area contributed by atoms with Crippen molar-refractivity contribution in [3.05, 3.63) is 18.6 Å². The lowest BCUT2D eigenvalue weighted by atomic mass is 10.1. The first-order valence-electron chi connectivity index (χ1n) is 5.58. The van der Waals surface area contributed by atoms with E-state index in [1.165, 1.54) is 0 Å². The van der Waals surface area contributed by atoms with E-state index in [1.807, 2.05) is 17.5 Å². The molecular weight excluding hydrogens is 218 g/mol. The summed E-state index contributed by atoms with van der Waals surface area (Å²) in [5.74, 6) is 6.81. The van der Waals surface area contributed by atoms with Crippen LogP contribution in [0.5, 0.6) is 5.88 Å². The molecule has 92 valence electrons. The molecule has 0 aliphatic rings. The van der Waals surface area contributed by atoms with Gasteiger partial charge < -0.3 is 10.2 Å². The van der Waals surface area contributed by atoms with Crippen LogP contribution < -0.4 is 16.0 Å². The Morgan fingerprint density at radius 2 is 2.18 bits per heavy atom. The Hall–Kier alpha value is -1.82. The van der Waals surface area contributed by atoms with E-state index < -0.39 is 0 Å². The monoisotopic (exact) mass is 235 g/mol. The van der Waals surface area contributed by atoms with E-state index in [0.717, 1.165) is 0 Å². The Morgan fingerprint density at radius 1 is 1.41 bits per heavy atom. The van der Waals surface area contributed by atoms with Crippen molar-refractivity contribution in [1.29, 1.82) is 0 Å². The number of nitrogens with two attached hydrogens (primary N) is 1. The molecule has 2 aromatic rings. The van der Waals surface area contributed by atoms with Gasteiger partial charge in [-0.2, -0.15) is 4.98 Å². The second-order valence-corrected chi connectivity index (χ2v) is 4.30.